The summed E-state index contributed by atoms with van der Waals surface area (Å²) in [5, 5.41) is 12.7. The number of hydrogen-bond acceptors (Lipinski definition) is 7. The maximum absolute atomic E-state index is 11.6. The Balaban J connectivity index is 3.02. The van der Waals surface area contributed by atoms with E-state index >= 15 is 0 Å². The topological polar surface area (TPSA) is 114 Å². The van der Waals surface area contributed by atoms with Crippen LogP contribution in [0.1, 0.15) is 29.3 Å². The van der Waals surface area contributed by atoms with E-state index in [-0.39, 0.29) is 11.4 Å². The number of primary amides is 1. The van der Waals surface area contributed by atoms with Crippen molar-refractivity contribution in [3.63, 3.8) is 0 Å². The fourth-order valence-corrected chi connectivity index (χ4v) is 3.13. The summed E-state index contributed by atoms with van der Waals surface area (Å²) in [7, 11) is 3.14. The minimum Gasteiger partial charge on any atom is -0.496 e. The molecule has 0 aliphatic heterocycles. The van der Waals surface area contributed by atoms with Gasteiger partial charge in [-0.15, -0.1) is 11.8 Å². The third-order valence-electron chi connectivity index (χ3n) is 3.45. The van der Waals surface area contributed by atoms with Crippen molar-refractivity contribution in [3.8, 4) is 11.8 Å². The van der Waals surface area contributed by atoms with Crippen molar-refractivity contribution >= 4 is 23.5 Å². The van der Waals surface area contributed by atoms with E-state index in [1.165, 1.54) is 18.7 Å². The number of hydrogen-bond donors (Lipinski definition) is 2. The fourth-order valence-electron chi connectivity index (χ4n) is 2.11. The Bertz CT molecular complexity index is 726. The van der Waals surface area contributed by atoms with Crippen LogP contribution < -0.4 is 15.8 Å². The summed E-state index contributed by atoms with van der Waals surface area (Å²) in [6.07, 6.45) is 0.709. The zero-order valence-electron chi connectivity index (χ0n) is 15.1. The molecule has 0 atom stereocenters. The molecule has 0 aliphatic rings. The first-order valence-corrected chi connectivity index (χ1v) is 8.90. The molecule has 0 bridgehead atoms. The van der Waals surface area contributed by atoms with Crippen LogP contribution in [0.4, 0.5) is 0 Å². The van der Waals surface area contributed by atoms with Gasteiger partial charge in [-0.25, -0.2) is 0 Å². The first-order valence-electron chi connectivity index (χ1n) is 7.92. The summed E-state index contributed by atoms with van der Waals surface area (Å²) < 4.78 is 10.3. The van der Waals surface area contributed by atoms with Crippen LogP contribution in [0.3, 0.4) is 0 Å². The smallest absolute Gasteiger partial charge is 0.262 e. The van der Waals surface area contributed by atoms with Crippen molar-refractivity contribution < 1.29 is 19.1 Å². The number of nitrogens with one attached hydrogen (secondary N) is 1. The molecule has 0 unspecified atom stereocenters. The second-order valence-electron chi connectivity index (χ2n) is 5.32. The first kappa shape index (κ1) is 21.5. The molecule has 0 aromatic heterocycles. The minimum atomic E-state index is -0.793. The number of rotatable bonds is 11. The lowest BCUT2D eigenvalue weighted by Crippen LogP contribution is -2.22. The summed E-state index contributed by atoms with van der Waals surface area (Å²) in [5.41, 5.74) is 6.52. The summed E-state index contributed by atoms with van der Waals surface area (Å²) in [6.45, 7) is 2.57. The third kappa shape index (κ3) is 6.43. The van der Waals surface area contributed by atoms with Crippen molar-refractivity contribution in [1.29, 1.82) is 5.26 Å². The number of nitrogens with zero attached hydrogens (tertiary/aromatic N) is 1. The van der Waals surface area contributed by atoms with E-state index in [9.17, 15) is 14.9 Å². The number of nitrogens with two attached hydrogens (primary N) is 1. The molecule has 1 rings (SSSR count). The average Bonchev–Trinajstić information content (AvgIpc) is 2.62. The third-order valence-corrected chi connectivity index (χ3v) is 4.55. The Labute approximate surface area is 157 Å². The minimum absolute atomic E-state index is 0.0535. The maximum atomic E-state index is 11.6. The zero-order chi connectivity index (χ0) is 19.5. The monoisotopic (exact) mass is 377 g/mol. The summed E-state index contributed by atoms with van der Waals surface area (Å²) in [4.78, 5) is 23.1. The quantitative estimate of drug-likeness (QED) is 0.262. The van der Waals surface area contributed by atoms with E-state index in [4.69, 9.17) is 15.2 Å². The standard InChI is InChI=1S/C18H23N3O4S/c1-12(22)13-5-6-16(25-3)14(9-13)11-26-18(15(10-19)17(20)23)21-7-4-8-24-2/h5-6,9,21H,4,7-8,11H2,1-3H3,(H2,20,23)/b18-15-. The second kappa shape index (κ2) is 11.2. The second-order valence-corrected chi connectivity index (χ2v) is 6.31. The highest BCUT2D eigenvalue weighted by Crippen LogP contribution is 2.28. The van der Waals surface area contributed by atoms with Gasteiger partial charge in [-0.05, 0) is 31.5 Å². The van der Waals surface area contributed by atoms with Crippen LogP contribution >= 0.6 is 11.8 Å². The van der Waals surface area contributed by atoms with Crippen LogP contribution in [0, 0.1) is 11.3 Å². The Morgan fingerprint density at radius 3 is 2.62 bits per heavy atom. The largest absolute Gasteiger partial charge is 0.496 e. The molecule has 140 valence electrons. The molecule has 0 fully saturated rings. The molecule has 0 radical (unpaired) electrons. The van der Waals surface area contributed by atoms with Crippen LogP contribution in [0.2, 0.25) is 0 Å². The predicted octanol–water partition coefficient (Wildman–Crippen LogP) is 1.98. The van der Waals surface area contributed by atoms with Crippen molar-refractivity contribution in [1.82, 2.24) is 5.32 Å². The van der Waals surface area contributed by atoms with Crippen LogP contribution in [-0.4, -0.2) is 39.1 Å². The number of methoxy groups -OCH3 is 2. The Morgan fingerprint density at radius 1 is 1.35 bits per heavy atom. The molecule has 1 amide bonds. The number of carbonyl (C=O) groups excluding carboxylic acids is 2. The highest BCUT2D eigenvalue weighted by atomic mass is 32.2. The van der Waals surface area contributed by atoms with Crippen molar-refractivity contribution in [3.05, 3.63) is 39.9 Å². The molecular weight excluding hydrogens is 354 g/mol. The van der Waals surface area contributed by atoms with Crippen LogP contribution in [0.15, 0.2) is 28.8 Å². The van der Waals surface area contributed by atoms with E-state index in [1.807, 2.05) is 6.07 Å². The number of carbonyl (C=O) groups is 2. The molecule has 1 aromatic carbocycles. The Morgan fingerprint density at radius 2 is 2.08 bits per heavy atom. The molecule has 0 heterocycles. The van der Waals surface area contributed by atoms with Crippen molar-refractivity contribution in [2.45, 2.75) is 19.1 Å². The molecule has 0 saturated heterocycles. The van der Waals surface area contributed by atoms with Gasteiger partial charge in [0.1, 0.15) is 17.4 Å². The SMILES string of the molecule is COCCCN/C(SCc1cc(C(C)=O)ccc1OC)=C(\C#N)C(N)=O. The molecule has 8 heteroatoms. The molecule has 26 heavy (non-hydrogen) atoms. The van der Waals surface area contributed by atoms with Gasteiger partial charge in [0, 0.05) is 37.1 Å². The zero-order valence-corrected chi connectivity index (χ0v) is 15.9. The molecule has 0 spiro atoms. The van der Waals surface area contributed by atoms with Gasteiger partial charge in [0.2, 0.25) is 0 Å². The van der Waals surface area contributed by atoms with Gasteiger partial charge in [0.15, 0.2) is 5.78 Å². The lowest BCUT2D eigenvalue weighted by atomic mass is 10.1. The number of ether oxygens (including phenoxy) is 2. The Kier molecular flexibility index (Phi) is 9.26. The maximum Gasteiger partial charge on any atom is 0.262 e. The van der Waals surface area contributed by atoms with Gasteiger partial charge in [0.25, 0.3) is 5.91 Å². The van der Waals surface area contributed by atoms with E-state index in [0.717, 1.165) is 5.56 Å². The molecular formula is C18H23N3O4S. The molecule has 0 saturated carbocycles. The molecule has 1 aromatic rings. The number of benzene rings is 1. The molecule has 3 N–H and O–H groups in total. The first-order chi connectivity index (χ1) is 12.4. The van der Waals surface area contributed by atoms with E-state index in [1.54, 1.807) is 32.4 Å². The van der Waals surface area contributed by atoms with Crippen molar-refractivity contribution in [2.24, 2.45) is 5.73 Å². The molecule has 7 nitrogen and oxygen atoms in total. The van der Waals surface area contributed by atoms with E-state index < -0.39 is 5.91 Å². The van der Waals surface area contributed by atoms with Gasteiger partial charge in [0.05, 0.1) is 12.1 Å². The van der Waals surface area contributed by atoms with E-state index in [2.05, 4.69) is 5.32 Å². The summed E-state index contributed by atoms with van der Waals surface area (Å²) >= 11 is 1.26. The number of amides is 1. The fraction of sp³-hybridized carbons (Fsp3) is 0.389. The predicted molar refractivity (Wildman–Crippen MR) is 101 cm³/mol. The normalized spacial score (nSPS) is 11.3. The number of Topliss-reactive ketones (excluding diaryl/α,β-unsaturated/α-hetero) is 1. The van der Waals surface area contributed by atoms with Crippen LogP contribution in [0.5, 0.6) is 5.75 Å². The average molecular weight is 377 g/mol. The van der Waals surface area contributed by atoms with Gasteiger partial charge >= 0.3 is 0 Å². The number of ketones is 1. The van der Waals surface area contributed by atoms with Gasteiger partial charge in [-0.1, -0.05) is 0 Å². The van der Waals surface area contributed by atoms with Gasteiger partial charge < -0.3 is 20.5 Å². The summed E-state index contributed by atoms with van der Waals surface area (Å²) in [6, 6.07) is 7.00. The van der Waals surface area contributed by atoms with Gasteiger partial charge in [-0.3, -0.25) is 9.59 Å². The summed E-state index contributed by atoms with van der Waals surface area (Å²) in [5.74, 6) is 0.176. The van der Waals surface area contributed by atoms with Gasteiger partial charge in [-0.2, -0.15) is 5.26 Å². The Hall–Kier alpha value is -2.50. The van der Waals surface area contributed by atoms with Crippen LogP contribution in [0.25, 0.3) is 0 Å². The van der Waals surface area contributed by atoms with E-state index in [0.29, 0.717) is 41.7 Å². The highest BCUT2D eigenvalue weighted by Gasteiger charge is 2.15. The lowest BCUT2D eigenvalue weighted by molar-refractivity contribution is -0.114. The van der Waals surface area contributed by atoms with Crippen molar-refractivity contribution in [2.75, 3.05) is 27.4 Å². The number of thioether (sulfide) groups is 1. The van der Waals surface area contributed by atoms with Crippen LogP contribution in [-0.2, 0) is 15.3 Å². The number of nitriles is 1. The molecule has 0 aliphatic carbocycles. The highest BCUT2D eigenvalue weighted by molar-refractivity contribution is 8.02. The lowest BCUT2D eigenvalue weighted by Gasteiger charge is -2.14.